The lowest BCUT2D eigenvalue weighted by atomic mass is 9.79. The number of hydrogen-bond acceptors (Lipinski definition) is 4. The van der Waals surface area contributed by atoms with E-state index in [2.05, 4.69) is 18.8 Å². The zero-order chi connectivity index (χ0) is 12.5. The summed E-state index contributed by atoms with van der Waals surface area (Å²) in [6.07, 6.45) is 4.60. The van der Waals surface area contributed by atoms with Crippen LogP contribution in [0.2, 0.25) is 0 Å². The zero-order valence-electron chi connectivity index (χ0n) is 11.0. The Morgan fingerprint density at radius 2 is 2.12 bits per heavy atom. The average molecular weight is 254 g/mol. The number of nitrogens with two attached hydrogens (primary N) is 1. The summed E-state index contributed by atoms with van der Waals surface area (Å²) in [6.45, 7) is 7.15. The third kappa shape index (κ3) is 2.47. The molecular formula is C13H22N2OS. The molecule has 1 heterocycles. The number of rotatable bonds is 3. The van der Waals surface area contributed by atoms with Gasteiger partial charge in [-0.25, -0.2) is 4.98 Å². The molecule has 1 aromatic heterocycles. The first kappa shape index (κ1) is 12.8. The van der Waals surface area contributed by atoms with Crippen molar-refractivity contribution in [2.45, 2.75) is 52.1 Å². The van der Waals surface area contributed by atoms with E-state index in [1.807, 2.05) is 6.92 Å². The fourth-order valence-electron chi connectivity index (χ4n) is 2.53. The summed E-state index contributed by atoms with van der Waals surface area (Å²) in [5.74, 6) is 1.48. The van der Waals surface area contributed by atoms with E-state index in [4.69, 9.17) is 10.5 Å². The summed E-state index contributed by atoms with van der Waals surface area (Å²) in [5, 5.41) is 1.08. The van der Waals surface area contributed by atoms with Gasteiger partial charge in [-0.15, -0.1) is 11.3 Å². The van der Waals surface area contributed by atoms with Crippen LogP contribution in [0.1, 0.15) is 49.4 Å². The van der Waals surface area contributed by atoms with Crippen molar-refractivity contribution in [2.75, 3.05) is 12.3 Å². The lowest BCUT2D eigenvalue weighted by Crippen LogP contribution is -2.34. The fourth-order valence-corrected chi connectivity index (χ4v) is 3.56. The lowest BCUT2D eigenvalue weighted by molar-refractivity contribution is -0.0775. The zero-order valence-corrected chi connectivity index (χ0v) is 11.8. The van der Waals surface area contributed by atoms with Crippen molar-refractivity contribution < 1.29 is 4.74 Å². The Bertz CT molecular complexity index is 361. The van der Waals surface area contributed by atoms with Gasteiger partial charge in [0.25, 0.3) is 0 Å². The molecule has 2 rings (SSSR count). The van der Waals surface area contributed by atoms with Crippen molar-refractivity contribution in [1.29, 1.82) is 0 Å². The monoisotopic (exact) mass is 254 g/mol. The Hall–Kier alpha value is -0.610. The van der Waals surface area contributed by atoms with E-state index >= 15 is 0 Å². The highest BCUT2D eigenvalue weighted by molar-refractivity contribution is 7.12. The van der Waals surface area contributed by atoms with Gasteiger partial charge in [-0.1, -0.05) is 6.92 Å². The largest absolute Gasteiger partial charge is 0.383 e. The average Bonchev–Trinajstić information content (AvgIpc) is 2.64. The lowest BCUT2D eigenvalue weighted by Gasteiger charge is -2.37. The van der Waals surface area contributed by atoms with Gasteiger partial charge in [0.2, 0.25) is 0 Å². The number of nitrogen functional groups attached to an aromatic ring is 1. The smallest absolute Gasteiger partial charge is 0.137 e. The highest BCUT2D eigenvalue weighted by Gasteiger charge is 2.39. The van der Waals surface area contributed by atoms with Gasteiger partial charge in [-0.2, -0.15) is 0 Å². The number of anilines is 1. The van der Waals surface area contributed by atoms with Crippen molar-refractivity contribution in [3.63, 3.8) is 0 Å². The summed E-state index contributed by atoms with van der Waals surface area (Å²) in [7, 11) is 0. The third-order valence-electron chi connectivity index (χ3n) is 3.72. The molecule has 0 atom stereocenters. The van der Waals surface area contributed by atoms with Gasteiger partial charge < -0.3 is 10.5 Å². The Balaban J connectivity index is 2.27. The Morgan fingerprint density at radius 1 is 1.47 bits per heavy atom. The number of nitrogens with zero attached hydrogens (tertiary/aromatic N) is 1. The maximum absolute atomic E-state index is 6.07. The second kappa shape index (κ2) is 4.94. The maximum Gasteiger partial charge on any atom is 0.137 e. The summed E-state index contributed by atoms with van der Waals surface area (Å²) in [4.78, 5) is 5.63. The van der Waals surface area contributed by atoms with Crippen LogP contribution in [0, 0.1) is 12.8 Å². The minimum atomic E-state index is -0.158. The molecule has 0 spiro atoms. The van der Waals surface area contributed by atoms with Crippen LogP contribution in [0.5, 0.6) is 0 Å². The van der Waals surface area contributed by atoms with Crippen LogP contribution in [0.15, 0.2) is 0 Å². The van der Waals surface area contributed by atoms with Gasteiger partial charge in [-0.3, -0.25) is 0 Å². The van der Waals surface area contributed by atoms with Crippen LogP contribution in [-0.4, -0.2) is 11.6 Å². The molecule has 3 nitrogen and oxygen atoms in total. The highest BCUT2D eigenvalue weighted by Crippen LogP contribution is 2.44. The molecule has 1 aliphatic carbocycles. The van der Waals surface area contributed by atoms with Gasteiger partial charge >= 0.3 is 0 Å². The van der Waals surface area contributed by atoms with E-state index in [1.54, 1.807) is 11.3 Å². The number of hydrogen-bond donors (Lipinski definition) is 1. The quantitative estimate of drug-likeness (QED) is 0.898. The van der Waals surface area contributed by atoms with Crippen molar-refractivity contribution in [3.8, 4) is 0 Å². The summed E-state index contributed by atoms with van der Waals surface area (Å²) < 4.78 is 6.07. The highest BCUT2D eigenvalue weighted by atomic mass is 32.1. The summed E-state index contributed by atoms with van der Waals surface area (Å²) in [6, 6.07) is 0. The second-order valence-corrected chi connectivity index (χ2v) is 6.27. The van der Waals surface area contributed by atoms with E-state index in [1.165, 1.54) is 12.8 Å². The molecular weight excluding hydrogens is 232 g/mol. The van der Waals surface area contributed by atoms with E-state index in [0.717, 1.165) is 35.3 Å². The van der Waals surface area contributed by atoms with Gasteiger partial charge in [0, 0.05) is 11.5 Å². The van der Waals surface area contributed by atoms with Crippen LogP contribution in [-0.2, 0) is 10.3 Å². The third-order valence-corrected chi connectivity index (χ3v) is 4.90. The molecule has 0 aromatic carbocycles. The molecule has 1 fully saturated rings. The summed E-state index contributed by atoms with van der Waals surface area (Å²) >= 11 is 1.70. The van der Waals surface area contributed by atoms with Crippen molar-refractivity contribution in [3.05, 3.63) is 9.88 Å². The first-order valence-corrected chi connectivity index (χ1v) is 7.26. The molecule has 0 saturated heterocycles. The van der Waals surface area contributed by atoms with Gasteiger partial charge in [0.1, 0.15) is 16.4 Å². The van der Waals surface area contributed by atoms with E-state index < -0.39 is 0 Å². The predicted molar refractivity (Wildman–Crippen MR) is 72.2 cm³/mol. The first-order valence-electron chi connectivity index (χ1n) is 6.44. The van der Waals surface area contributed by atoms with Crippen molar-refractivity contribution >= 4 is 17.2 Å². The first-order chi connectivity index (χ1) is 8.07. The van der Waals surface area contributed by atoms with Crippen LogP contribution in [0.3, 0.4) is 0 Å². The van der Waals surface area contributed by atoms with Crippen LogP contribution in [0.25, 0.3) is 0 Å². The molecule has 0 aliphatic heterocycles. The van der Waals surface area contributed by atoms with Crippen molar-refractivity contribution in [2.24, 2.45) is 5.92 Å². The number of ether oxygens (including phenoxy) is 1. The minimum absolute atomic E-state index is 0.158. The fraction of sp³-hybridized carbons (Fsp3) is 0.769. The second-order valence-electron chi connectivity index (χ2n) is 5.07. The number of aryl methyl sites for hydroxylation is 1. The Labute approximate surface area is 107 Å². The molecule has 4 heteroatoms. The predicted octanol–water partition coefficient (Wildman–Crippen LogP) is 3.48. The Kier molecular flexibility index (Phi) is 3.73. The molecule has 1 saturated carbocycles. The number of thiazole rings is 1. The minimum Gasteiger partial charge on any atom is -0.383 e. The van der Waals surface area contributed by atoms with Crippen LogP contribution in [0.4, 0.5) is 5.82 Å². The normalized spacial score (nSPS) is 29.5. The van der Waals surface area contributed by atoms with Crippen LogP contribution >= 0.6 is 11.3 Å². The molecule has 0 radical (unpaired) electrons. The van der Waals surface area contributed by atoms with Crippen LogP contribution < -0.4 is 5.73 Å². The van der Waals surface area contributed by atoms with Crippen molar-refractivity contribution in [1.82, 2.24) is 4.98 Å². The molecule has 1 aliphatic rings. The summed E-state index contributed by atoms with van der Waals surface area (Å²) in [5.41, 5.74) is 5.71. The molecule has 0 bridgehead atoms. The van der Waals surface area contributed by atoms with Gasteiger partial charge in [-0.05, 0) is 45.4 Å². The molecule has 17 heavy (non-hydrogen) atoms. The molecule has 0 amide bonds. The standard InChI is InChI=1S/C13H22N2OS/c1-4-16-13(7-5-9(2)6-8-13)12-15-11(14)10(3)17-12/h9H,4-8,14H2,1-3H3. The van der Waals surface area contributed by atoms with E-state index in [-0.39, 0.29) is 5.60 Å². The number of aromatic nitrogens is 1. The Morgan fingerprint density at radius 3 is 2.59 bits per heavy atom. The van der Waals surface area contributed by atoms with E-state index in [0.29, 0.717) is 5.82 Å². The molecule has 2 N–H and O–H groups in total. The topological polar surface area (TPSA) is 48.1 Å². The SMILES string of the molecule is CCOC1(c2nc(N)c(C)s2)CCC(C)CC1. The van der Waals surface area contributed by atoms with Gasteiger partial charge in [0.15, 0.2) is 0 Å². The van der Waals surface area contributed by atoms with E-state index in [9.17, 15) is 0 Å². The maximum atomic E-state index is 6.07. The molecule has 0 unspecified atom stereocenters. The molecule has 1 aromatic rings. The molecule has 96 valence electrons. The van der Waals surface area contributed by atoms with Gasteiger partial charge in [0.05, 0.1) is 0 Å².